The monoisotopic (exact) mass is 311 g/mol. The first-order valence-electron chi connectivity index (χ1n) is 6.28. The van der Waals surface area contributed by atoms with Crippen LogP contribution in [0.15, 0.2) is 24.3 Å². The lowest BCUT2D eigenvalue weighted by Gasteiger charge is -2.34. The molecule has 8 heteroatoms. The van der Waals surface area contributed by atoms with Gasteiger partial charge in [0.25, 0.3) is 0 Å². The highest BCUT2D eigenvalue weighted by Gasteiger charge is 2.31. The van der Waals surface area contributed by atoms with Gasteiger partial charge in [-0.2, -0.15) is 0 Å². The molecule has 0 atom stereocenters. The van der Waals surface area contributed by atoms with Crippen molar-refractivity contribution in [3.8, 4) is 0 Å². The van der Waals surface area contributed by atoms with Crippen LogP contribution in [0.5, 0.6) is 0 Å². The molecule has 2 N–H and O–H groups in total. The zero-order chi connectivity index (χ0) is 15.4. The predicted octanol–water partition coefficient (Wildman–Crippen LogP) is 1.72. The Morgan fingerprint density at radius 1 is 1.29 bits per heavy atom. The average Bonchev–Trinajstić information content (AvgIpc) is 2.44. The third-order valence-corrected chi connectivity index (χ3v) is 3.26. The summed E-state index contributed by atoms with van der Waals surface area (Å²) in [6.45, 7) is 0.237. The van der Waals surface area contributed by atoms with Crippen LogP contribution in [0.3, 0.4) is 0 Å². The fraction of sp³-hybridized carbons (Fsp3) is 0.308. The Labute approximate surface area is 126 Å². The van der Waals surface area contributed by atoms with Crippen LogP contribution in [0, 0.1) is 0 Å². The van der Waals surface area contributed by atoms with Crippen LogP contribution < -0.4 is 5.32 Å². The van der Waals surface area contributed by atoms with Crippen molar-refractivity contribution in [3.05, 3.63) is 34.9 Å². The van der Waals surface area contributed by atoms with Crippen molar-refractivity contribution in [1.82, 2.24) is 15.1 Å². The summed E-state index contributed by atoms with van der Waals surface area (Å²) in [6, 6.07) is 5.92. The van der Waals surface area contributed by atoms with Crippen molar-refractivity contribution < 1.29 is 19.5 Å². The maximum absolute atomic E-state index is 12.2. The highest BCUT2D eigenvalue weighted by Crippen LogP contribution is 2.14. The van der Waals surface area contributed by atoms with Crippen LogP contribution in [0.4, 0.5) is 9.59 Å². The number of carboxylic acid groups (broad SMARTS) is 1. The van der Waals surface area contributed by atoms with E-state index in [1.165, 1.54) is 4.90 Å². The Morgan fingerprint density at radius 2 is 1.95 bits per heavy atom. The number of aliphatic carboxylic acids is 1. The number of urea groups is 2. The normalized spacial score (nSPS) is 15.1. The molecule has 1 aromatic carbocycles. The van der Waals surface area contributed by atoms with E-state index in [1.54, 1.807) is 24.3 Å². The van der Waals surface area contributed by atoms with Gasteiger partial charge in [-0.1, -0.05) is 23.7 Å². The topological polar surface area (TPSA) is 89.9 Å². The van der Waals surface area contributed by atoms with E-state index < -0.39 is 18.0 Å². The zero-order valence-electron chi connectivity index (χ0n) is 11.1. The molecule has 21 heavy (non-hydrogen) atoms. The highest BCUT2D eigenvalue weighted by molar-refractivity contribution is 6.30. The van der Waals surface area contributed by atoms with Gasteiger partial charge in [-0.3, -0.25) is 4.79 Å². The summed E-state index contributed by atoms with van der Waals surface area (Å²) in [5.74, 6) is -1.06. The van der Waals surface area contributed by atoms with Crippen LogP contribution in [-0.2, 0) is 11.3 Å². The van der Waals surface area contributed by atoms with E-state index in [4.69, 9.17) is 16.7 Å². The molecule has 112 valence electrons. The molecule has 1 heterocycles. The third kappa shape index (κ3) is 3.85. The quantitative estimate of drug-likeness (QED) is 0.866. The van der Waals surface area contributed by atoms with Gasteiger partial charge in [0.15, 0.2) is 0 Å². The number of carbonyl (C=O) groups is 3. The van der Waals surface area contributed by atoms with Crippen LogP contribution in [-0.4, -0.2) is 46.2 Å². The largest absolute Gasteiger partial charge is 0.481 e. The summed E-state index contributed by atoms with van der Waals surface area (Å²) in [6.07, 6.45) is -0.284. The SMILES string of the molecule is O=C(O)CCN1C(=O)NCN(Cc2ccc(Cl)cc2)C1=O. The fourth-order valence-corrected chi connectivity index (χ4v) is 2.05. The molecule has 1 aliphatic heterocycles. The molecule has 1 saturated heterocycles. The van der Waals surface area contributed by atoms with Gasteiger partial charge >= 0.3 is 18.0 Å². The summed E-state index contributed by atoms with van der Waals surface area (Å²) in [7, 11) is 0. The van der Waals surface area contributed by atoms with Crippen molar-refractivity contribution in [2.45, 2.75) is 13.0 Å². The summed E-state index contributed by atoms with van der Waals surface area (Å²) < 4.78 is 0. The van der Waals surface area contributed by atoms with E-state index in [-0.39, 0.29) is 19.6 Å². The molecular formula is C13H14ClN3O4. The second-order valence-electron chi connectivity index (χ2n) is 4.54. The molecule has 1 aliphatic rings. The van der Waals surface area contributed by atoms with Gasteiger partial charge in [0, 0.05) is 18.1 Å². The average molecular weight is 312 g/mol. The van der Waals surface area contributed by atoms with E-state index >= 15 is 0 Å². The molecule has 0 saturated carbocycles. The number of halogens is 1. The molecule has 1 aromatic rings. The van der Waals surface area contributed by atoms with Gasteiger partial charge in [-0.25, -0.2) is 14.5 Å². The molecule has 2 rings (SSSR count). The summed E-state index contributed by atoms with van der Waals surface area (Å²) >= 11 is 5.79. The smallest absolute Gasteiger partial charge is 0.329 e. The second-order valence-corrected chi connectivity index (χ2v) is 4.98. The van der Waals surface area contributed by atoms with Crippen molar-refractivity contribution in [2.24, 2.45) is 0 Å². The molecule has 0 radical (unpaired) electrons. The number of nitrogens with one attached hydrogen (secondary N) is 1. The molecule has 0 aliphatic carbocycles. The van der Waals surface area contributed by atoms with E-state index in [2.05, 4.69) is 5.32 Å². The Kier molecular flexibility index (Phi) is 4.64. The molecular weight excluding hydrogens is 298 g/mol. The summed E-state index contributed by atoms with van der Waals surface area (Å²) in [5.41, 5.74) is 0.863. The number of amides is 4. The molecule has 0 unspecified atom stereocenters. The molecule has 0 spiro atoms. The first-order chi connectivity index (χ1) is 9.97. The zero-order valence-corrected chi connectivity index (χ0v) is 11.8. The highest BCUT2D eigenvalue weighted by atomic mass is 35.5. The lowest BCUT2D eigenvalue weighted by molar-refractivity contribution is -0.137. The minimum atomic E-state index is -1.06. The van der Waals surface area contributed by atoms with Gasteiger partial charge in [0.05, 0.1) is 13.1 Å². The minimum Gasteiger partial charge on any atom is -0.481 e. The Balaban J connectivity index is 2.03. The lowest BCUT2D eigenvalue weighted by atomic mass is 10.2. The Morgan fingerprint density at radius 3 is 2.57 bits per heavy atom. The van der Waals surface area contributed by atoms with Gasteiger partial charge in [-0.05, 0) is 17.7 Å². The Hall–Kier alpha value is -2.28. The number of hydrogen-bond donors (Lipinski definition) is 2. The van der Waals surface area contributed by atoms with E-state index in [0.29, 0.717) is 11.6 Å². The standard InChI is InChI=1S/C13H14ClN3O4/c14-10-3-1-9(2-4-10)7-16-8-15-12(20)17(13(16)21)6-5-11(18)19/h1-4H,5-8H2,(H,15,20)(H,18,19). The van der Waals surface area contributed by atoms with E-state index in [1.807, 2.05) is 0 Å². The first kappa shape index (κ1) is 15.1. The van der Waals surface area contributed by atoms with Gasteiger partial charge in [0.2, 0.25) is 0 Å². The predicted molar refractivity (Wildman–Crippen MR) is 74.7 cm³/mol. The van der Waals surface area contributed by atoms with Gasteiger partial charge in [-0.15, -0.1) is 0 Å². The van der Waals surface area contributed by atoms with Crippen molar-refractivity contribution >= 4 is 29.6 Å². The van der Waals surface area contributed by atoms with E-state index in [9.17, 15) is 14.4 Å². The number of benzene rings is 1. The molecule has 1 fully saturated rings. The number of imide groups is 1. The van der Waals surface area contributed by atoms with Crippen molar-refractivity contribution in [2.75, 3.05) is 13.2 Å². The van der Waals surface area contributed by atoms with E-state index in [0.717, 1.165) is 10.5 Å². The van der Waals surface area contributed by atoms with Crippen LogP contribution in [0.1, 0.15) is 12.0 Å². The maximum atomic E-state index is 12.2. The minimum absolute atomic E-state index is 0.0872. The van der Waals surface area contributed by atoms with Crippen molar-refractivity contribution in [1.29, 1.82) is 0 Å². The lowest BCUT2D eigenvalue weighted by Crippen LogP contribution is -2.59. The molecule has 4 amide bonds. The van der Waals surface area contributed by atoms with Crippen LogP contribution in [0.25, 0.3) is 0 Å². The second kappa shape index (κ2) is 6.45. The molecule has 7 nitrogen and oxygen atoms in total. The molecule has 0 bridgehead atoms. The molecule has 0 aromatic heterocycles. The number of nitrogens with zero attached hydrogens (tertiary/aromatic N) is 2. The van der Waals surface area contributed by atoms with Crippen LogP contribution in [0.2, 0.25) is 5.02 Å². The van der Waals surface area contributed by atoms with Crippen LogP contribution >= 0.6 is 11.6 Å². The fourth-order valence-electron chi connectivity index (χ4n) is 1.92. The number of carbonyl (C=O) groups excluding carboxylic acids is 2. The van der Waals surface area contributed by atoms with Gasteiger partial charge < -0.3 is 15.3 Å². The first-order valence-corrected chi connectivity index (χ1v) is 6.65. The number of hydrogen-bond acceptors (Lipinski definition) is 3. The third-order valence-electron chi connectivity index (χ3n) is 3.00. The van der Waals surface area contributed by atoms with Crippen molar-refractivity contribution in [3.63, 3.8) is 0 Å². The summed E-state index contributed by atoms with van der Waals surface area (Å²) in [5, 5.41) is 11.8. The Bertz CT molecular complexity index is 561. The summed E-state index contributed by atoms with van der Waals surface area (Å²) in [4.78, 5) is 36.7. The maximum Gasteiger partial charge on any atom is 0.329 e. The number of rotatable bonds is 5. The number of carboxylic acids is 1. The van der Waals surface area contributed by atoms with Gasteiger partial charge in [0.1, 0.15) is 0 Å².